The van der Waals surface area contributed by atoms with Crippen molar-refractivity contribution in [2.24, 2.45) is 26.6 Å². The lowest BCUT2D eigenvalue weighted by Crippen LogP contribution is -2.35. The van der Waals surface area contributed by atoms with Crippen LogP contribution in [0.3, 0.4) is 0 Å². The van der Waals surface area contributed by atoms with Crippen LogP contribution in [0.25, 0.3) is 0 Å². The van der Waals surface area contributed by atoms with Crippen LogP contribution in [0.15, 0.2) is 56.2 Å². The first-order valence-electron chi connectivity index (χ1n) is 7.95. The van der Waals surface area contributed by atoms with Gasteiger partial charge in [0.2, 0.25) is 19.0 Å². The Morgan fingerprint density at radius 1 is 0.667 bits per heavy atom. The molecule has 0 radical (unpaired) electrons. The van der Waals surface area contributed by atoms with Gasteiger partial charge >= 0.3 is 0 Å². The predicted molar refractivity (Wildman–Crippen MR) is 91.7 cm³/mol. The van der Waals surface area contributed by atoms with Gasteiger partial charge in [0.15, 0.2) is 0 Å². The van der Waals surface area contributed by atoms with Crippen molar-refractivity contribution in [1.82, 2.24) is 13.7 Å². The molecule has 0 spiro atoms. The van der Waals surface area contributed by atoms with Crippen LogP contribution in [0.5, 0.6) is 0 Å². The molecule has 3 aromatic rings. The second-order valence-corrected chi connectivity index (χ2v) is 7.06. The van der Waals surface area contributed by atoms with Crippen LogP contribution in [-0.2, 0) is 40.8 Å². The molecule has 0 atom stereocenters. The summed E-state index contributed by atoms with van der Waals surface area (Å²) in [5.41, 5.74) is 0.101. The number of imidazole rings is 3. The number of rotatable bonds is 6. The molecule has 0 fully saturated rings. The summed E-state index contributed by atoms with van der Waals surface area (Å²) in [5.74, 6) is 0. The van der Waals surface area contributed by atoms with E-state index in [0.717, 1.165) is 19.6 Å². The van der Waals surface area contributed by atoms with Crippen molar-refractivity contribution in [1.29, 1.82) is 0 Å². The Balaban J connectivity index is 0.00000208. The van der Waals surface area contributed by atoms with Crippen LogP contribution >= 0.6 is 0 Å². The van der Waals surface area contributed by atoms with Crippen molar-refractivity contribution in [2.75, 3.05) is 0 Å². The highest BCUT2D eigenvalue weighted by Gasteiger charge is 2.33. The van der Waals surface area contributed by atoms with Gasteiger partial charge in [0.05, 0.1) is 26.6 Å². The molecule has 3 aromatic heterocycles. The molecule has 6 heteroatoms. The van der Waals surface area contributed by atoms with Crippen molar-refractivity contribution in [3.05, 3.63) is 56.2 Å². The maximum absolute atomic E-state index is 2.35. The highest BCUT2D eigenvalue weighted by Crippen LogP contribution is 2.24. The maximum Gasteiger partial charge on any atom is 0.243 e. The largest absolute Gasteiger partial charge is 0.243 e. The summed E-state index contributed by atoms with van der Waals surface area (Å²) in [7, 11) is 6.18. The lowest BCUT2D eigenvalue weighted by Gasteiger charge is -2.23. The van der Waals surface area contributed by atoms with Crippen LogP contribution in [0, 0.1) is 5.41 Å². The fourth-order valence-electron chi connectivity index (χ4n) is 3.26. The summed E-state index contributed by atoms with van der Waals surface area (Å²) in [6, 6.07) is 0. The minimum atomic E-state index is 0. The molecule has 0 aliphatic carbocycles. The van der Waals surface area contributed by atoms with Gasteiger partial charge in [-0.1, -0.05) is 7.43 Å². The normalized spacial score (nSPS) is 11.5. The molecule has 24 heavy (non-hydrogen) atoms. The van der Waals surface area contributed by atoms with E-state index in [-0.39, 0.29) is 12.8 Å². The second-order valence-electron chi connectivity index (χ2n) is 7.06. The van der Waals surface area contributed by atoms with Gasteiger partial charge < -0.3 is 0 Å². The second kappa shape index (κ2) is 7.03. The van der Waals surface area contributed by atoms with Gasteiger partial charge in [0, 0.05) is 0 Å². The van der Waals surface area contributed by atoms with Crippen LogP contribution in [0.4, 0.5) is 0 Å². The molecule has 0 amide bonds. The summed E-state index contributed by atoms with van der Waals surface area (Å²) in [4.78, 5) is 0. The first kappa shape index (κ1) is 18.0. The van der Waals surface area contributed by atoms with Crippen LogP contribution in [0.2, 0.25) is 0 Å². The third-order valence-corrected chi connectivity index (χ3v) is 4.16. The molecule has 0 N–H and O–H groups in total. The minimum absolute atomic E-state index is 0. The summed E-state index contributed by atoms with van der Waals surface area (Å²) in [6.45, 7) is 5.26. The molecular formula is C18H31N6+3. The van der Waals surface area contributed by atoms with Gasteiger partial charge in [-0.05, 0) is 6.92 Å². The van der Waals surface area contributed by atoms with Gasteiger partial charge in [-0.3, -0.25) is 0 Å². The molecule has 0 saturated carbocycles. The highest BCUT2D eigenvalue weighted by molar-refractivity contribution is 4.83. The number of hydrogen-bond donors (Lipinski definition) is 0. The van der Waals surface area contributed by atoms with E-state index in [9.17, 15) is 0 Å². The molecule has 0 aliphatic rings. The molecular weight excluding hydrogens is 300 g/mol. The molecule has 0 aromatic carbocycles. The number of aromatic nitrogens is 6. The van der Waals surface area contributed by atoms with Crippen LogP contribution in [-0.4, -0.2) is 13.7 Å². The number of aryl methyl sites for hydroxylation is 3. The summed E-state index contributed by atoms with van der Waals surface area (Å²) in [6.07, 6.45) is 19.1. The molecule has 3 heterocycles. The first-order chi connectivity index (χ1) is 10.9. The summed E-state index contributed by atoms with van der Waals surface area (Å²) >= 11 is 0. The van der Waals surface area contributed by atoms with Gasteiger partial charge in [0.1, 0.15) is 56.8 Å². The zero-order valence-electron chi connectivity index (χ0n) is 14.5. The van der Waals surface area contributed by atoms with Crippen molar-refractivity contribution in [3.63, 3.8) is 0 Å². The average molecular weight is 331 g/mol. The fourth-order valence-corrected chi connectivity index (χ4v) is 3.26. The van der Waals surface area contributed by atoms with Crippen molar-refractivity contribution >= 4 is 0 Å². The highest BCUT2D eigenvalue weighted by atomic mass is 15.2. The van der Waals surface area contributed by atoms with E-state index in [2.05, 4.69) is 112 Å². The molecule has 0 unspecified atom stereocenters. The van der Waals surface area contributed by atoms with Gasteiger partial charge in [-0.25, -0.2) is 27.4 Å². The SMILES string of the molecule is C.C[n+]1ccn(CC(C)(Cn2cc[n+](C)c2)Cn2cc[n+](C)c2)c1. The van der Waals surface area contributed by atoms with E-state index in [1.165, 1.54) is 0 Å². The Morgan fingerprint density at radius 3 is 1.17 bits per heavy atom. The predicted octanol–water partition coefficient (Wildman–Crippen LogP) is 0.607. The number of hydrogen-bond acceptors (Lipinski definition) is 0. The van der Waals surface area contributed by atoms with E-state index in [4.69, 9.17) is 0 Å². The third-order valence-electron chi connectivity index (χ3n) is 4.16. The average Bonchev–Trinajstić information content (AvgIpc) is 3.14. The van der Waals surface area contributed by atoms with Crippen molar-refractivity contribution in [2.45, 2.75) is 34.0 Å². The van der Waals surface area contributed by atoms with Crippen molar-refractivity contribution in [3.8, 4) is 0 Å². The lowest BCUT2D eigenvalue weighted by molar-refractivity contribution is -0.671. The van der Waals surface area contributed by atoms with E-state index in [0.29, 0.717) is 0 Å². The molecule has 130 valence electrons. The molecule has 0 saturated heterocycles. The monoisotopic (exact) mass is 331 g/mol. The first-order valence-corrected chi connectivity index (χ1v) is 7.95. The zero-order chi connectivity index (χ0) is 16.4. The minimum Gasteiger partial charge on any atom is -0.240 e. The smallest absolute Gasteiger partial charge is 0.240 e. The maximum atomic E-state index is 2.35. The van der Waals surface area contributed by atoms with Gasteiger partial charge in [0.25, 0.3) is 0 Å². The van der Waals surface area contributed by atoms with Gasteiger partial charge in [-0.15, -0.1) is 0 Å². The summed E-state index contributed by atoms with van der Waals surface area (Å²) < 4.78 is 13.1. The Morgan fingerprint density at radius 2 is 0.958 bits per heavy atom. The van der Waals surface area contributed by atoms with Crippen LogP contribution in [0.1, 0.15) is 14.4 Å². The Bertz CT molecular complexity index is 676. The quantitative estimate of drug-likeness (QED) is 0.592. The Kier molecular flexibility index (Phi) is 5.26. The fraction of sp³-hybridized carbons (Fsp3) is 0.500. The topological polar surface area (TPSA) is 26.4 Å². The van der Waals surface area contributed by atoms with E-state index >= 15 is 0 Å². The van der Waals surface area contributed by atoms with E-state index in [1.807, 2.05) is 0 Å². The van der Waals surface area contributed by atoms with E-state index < -0.39 is 0 Å². The molecule has 6 nitrogen and oxygen atoms in total. The van der Waals surface area contributed by atoms with Gasteiger partial charge in [-0.2, -0.15) is 0 Å². The third kappa shape index (κ3) is 4.34. The Labute approximate surface area is 144 Å². The standard InChI is InChI=1S/C17H27N6.CH4/c1-17(11-21-8-5-18(2)14-21,12-22-9-6-19(3)15-22)13-23-10-7-20(4)16-23;/h5-10,14-16H,11-13H2,1-4H3;1H4/q+3;. The lowest BCUT2D eigenvalue weighted by atomic mass is 9.90. The molecule has 3 rings (SSSR count). The zero-order valence-corrected chi connectivity index (χ0v) is 14.5. The Hall–Kier alpha value is -2.37. The summed E-state index contributed by atoms with van der Waals surface area (Å²) in [5, 5.41) is 0. The molecule has 0 aliphatic heterocycles. The van der Waals surface area contributed by atoms with E-state index in [1.54, 1.807) is 0 Å². The number of nitrogens with zero attached hydrogens (tertiary/aromatic N) is 6. The van der Waals surface area contributed by atoms with Crippen LogP contribution < -0.4 is 13.7 Å². The van der Waals surface area contributed by atoms with Crippen molar-refractivity contribution < 1.29 is 13.7 Å². The molecule has 0 bridgehead atoms.